The molecule has 0 aliphatic carbocycles. The third kappa shape index (κ3) is 4.14. The van der Waals surface area contributed by atoms with Crippen molar-refractivity contribution in [2.75, 3.05) is 19.8 Å². The van der Waals surface area contributed by atoms with Gasteiger partial charge in [-0.1, -0.05) is 0 Å². The average Bonchev–Trinajstić information content (AvgIpc) is 2.38. The maximum Gasteiger partial charge on any atom is 0.311 e. The number of nitro groups is 1. The van der Waals surface area contributed by atoms with Gasteiger partial charge in [-0.15, -0.1) is 0 Å². The molecule has 18 heavy (non-hydrogen) atoms. The summed E-state index contributed by atoms with van der Waals surface area (Å²) in [5.41, 5.74) is 0.0550. The molecule has 0 bridgehead atoms. The molecule has 1 aromatic rings. The van der Waals surface area contributed by atoms with E-state index in [0.29, 0.717) is 32.5 Å². The Morgan fingerprint density at radius 1 is 1.39 bits per heavy atom. The Kier molecular flexibility index (Phi) is 5.79. The SMILES string of the molecule is CCOCCCOc1ccc(C=O)cc1[N+](=O)[O-]. The van der Waals surface area contributed by atoms with Crippen molar-refractivity contribution in [3.8, 4) is 5.75 Å². The summed E-state index contributed by atoms with van der Waals surface area (Å²) in [5, 5.41) is 10.8. The largest absolute Gasteiger partial charge is 0.487 e. The number of benzene rings is 1. The van der Waals surface area contributed by atoms with Crippen LogP contribution in [0.1, 0.15) is 23.7 Å². The number of ether oxygens (including phenoxy) is 2. The summed E-state index contributed by atoms with van der Waals surface area (Å²) in [7, 11) is 0. The van der Waals surface area contributed by atoms with Crippen LogP contribution in [0.5, 0.6) is 5.75 Å². The number of nitrogens with zero attached hydrogens (tertiary/aromatic N) is 1. The fourth-order valence-electron chi connectivity index (χ4n) is 1.36. The molecule has 0 unspecified atom stereocenters. The van der Waals surface area contributed by atoms with Gasteiger partial charge in [0.15, 0.2) is 5.75 Å². The molecule has 1 aromatic carbocycles. The molecule has 0 saturated carbocycles. The van der Waals surface area contributed by atoms with Crippen molar-refractivity contribution in [2.24, 2.45) is 0 Å². The van der Waals surface area contributed by atoms with Crippen LogP contribution in [0.25, 0.3) is 0 Å². The molecule has 0 fully saturated rings. The molecule has 98 valence electrons. The van der Waals surface area contributed by atoms with Crippen LogP contribution in [-0.4, -0.2) is 31.0 Å². The molecule has 0 saturated heterocycles. The minimum Gasteiger partial charge on any atom is -0.487 e. The first kappa shape index (κ1) is 14.1. The van der Waals surface area contributed by atoms with E-state index >= 15 is 0 Å². The van der Waals surface area contributed by atoms with Gasteiger partial charge in [-0.05, 0) is 19.1 Å². The van der Waals surface area contributed by atoms with Crippen LogP contribution in [0.15, 0.2) is 18.2 Å². The van der Waals surface area contributed by atoms with Gasteiger partial charge < -0.3 is 9.47 Å². The van der Waals surface area contributed by atoms with Crippen molar-refractivity contribution < 1.29 is 19.2 Å². The first-order valence-corrected chi connectivity index (χ1v) is 5.63. The summed E-state index contributed by atoms with van der Waals surface area (Å²) >= 11 is 0. The number of hydrogen-bond donors (Lipinski definition) is 0. The highest BCUT2D eigenvalue weighted by Crippen LogP contribution is 2.27. The molecular formula is C12H15NO5. The predicted octanol–water partition coefficient (Wildman–Crippen LogP) is 2.21. The van der Waals surface area contributed by atoms with Gasteiger partial charge in [0.25, 0.3) is 0 Å². The number of hydrogen-bond acceptors (Lipinski definition) is 5. The summed E-state index contributed by atoms with van der Waals surface area (Å²) in [6.45, 7) is 3.41. The summed E-state index contributed by atoms with van der Waals surface area (Å²) in [6.07, 6.45) is 1.21. The molecule has 0 N–H and O–H groups in total. The second-order valence-electron chi connectivity index (χ2n) is 3.50. The van der Waals surface area contributed by atoms with Gasteiger partial charge in [0.2, 0.25) is 0 Å². The average molecular weight is 253 g/mol. The minimum absolute atomic E-state index is 0.169. The molecular weight excluding hydrogens is 238 g/mol. The molecule has 6 nitrogen and oxygen atoms in total. The molecule has 1 rings (SSSR count). The summed E-state index contributed by atoms with van der Waals surface area (Å²) in [5.74, 6) is 0.169. The Morgan fingerprint density at radius 3 is 2.78 bits per heavy atom. The number of carbonyl (C=O) groups is 1. The van der Waals surface area contributed by atoms with Crippen LogP contribution >= 0.6 is 0 Å². The maximum absolute atomic E-state index is 10.8. The smallest absolute Gasteiger partial charge is 0.311 e. The third-order valence-corrected chi connectivity index (χ3v) is 2.21. The van der Waals surface area contributed by atoms with Crippen LogP contribution in [0, 0.1) is 10.1 Å². The van der Waals surface area contributed by atoms with Gasteiger partial charge in [0, 0.05) is 31.3 Å². The van der Waals surface area contributed by atoms with Crippen molar-refractivity contribution in [3.63, 3.8) is 0 Å². The number of carbonyl (C=O) groups excluding carboxylic acids is 1. The zero-order valence-electron chi connectivity index (χ0n) is 10.1. The molecule has 0 aliphatic heterocycles. The Morgan fingerprint density at radius 2 is 2.17 bits per heavy atom. The van der Waals surface area contributed by atoms with Gasteiger partial charge >= 0.3 is 5.69 Å². The quantitative estimate of drug-likeness (QED) is 0.307. The molecule has 0 spiro atoms. The van der Waals surface area contributed by atoms with E-state index in [0.717, 1.165) is 0 Å². The monoisotopic (exact) mass is 253 g/mol. The predicted molar refractivity (Wildman–Crippen MR) is 65.1 cm³/mol. The molecule has 6 heteroatoms. The van der Waals surface area contributed by atoms with Crippen molar-refractivity contribution in [3.05, 3.63) is 33.9 Å². The lowest BCUT2D eigenvalue weighted by Crippen LogP contribution is -2.04. The number of rotatable bonds is 8. The lowest BCUT2D eigenvalue weighted by atomic mass is 10.2. The van der Waals surface area contributed by atoms with E-state index in [9.17, 15) is 14.9 Å². The van der Waals surface area contributed by atoms with Crippen LogP contribution in [0.2, 0.25) is 0 Å². The molecule has 0 atom stereocenters. The Balaban J connectivity index is 2.64. The van der Waals surface area contributed by atoms with Gasteiger partial charge in [0.05, 0.1) is 11.5 Å². The normalized spacial score (nSPS) is 10.1. The molecule has 0 aromatic heterocycles. The highest BCUT2D eigenvalue weighted by Gasteiger charge is 2.15. The van der Waals surface area contributed by atoms with Gasteiger partial charge in [-0.25, -0.2) is 0 Å². The van der Waals surface area contributed by atoms with E-state index in [4.69, 9.17) is 9.47 Å². The van der Waals surface area contributed by atoms with Crippen molar-refractivity contribution in [2.45, 2.75) is 13.3 Å². The first-order chi connectivity index (χ1) is 8.69. The third-order valence-electron chi connectivity index (χ3n) is 2.21. The molecule has 0 aliphatic rings. The Hall–Kier alpha value is -1.95. The van der Waals surface area contributed by atoms with E-state index in [-0.39, 0.29) is 17.0 Å². The van der Waals surface area contributed by atoms with Gasteiger partial charge in [0.1, 0.15) is 6.29 Å². The molecule has 0 radical (unpaired) electrons. The lowest BCUT2D eigenvalue weighted by molar-refractivity contribution is -0.385. The minimum atomic E-state index is -0.565. The van der Waals surface area contributed by atoms with Crippen molar-refractivity contribution in [1.82, 2.24) is 0 Å². The van der Waals surface area contributed by atoms with Crippen molar-refractivity contribution >= 4 is 12.0 Å². The van der Waals surface area contributed by atoms with E-state index < -0.39 is 4.92 Å². The zero-order chi connectivity index (χ0) is 13.4. The van der Waals surface area contributed by atoms with Crippen LogP contribution in [0.4, 0.5) is 5.69 Å². The van der Waals surface area contributed by atoms with Gasteiger partial charge in [-0.2, -0.15) is 0 Å². The summed E-state index contributed by atoms with van der Waals surface area (Å²) in [6, 6.07) is 4.12. The summed E-state index contributed by atoms with van der Waals surface area (Å²) in [4.78, 5) is 20.8. The van der Waals surface area contributed by atoms with Crippen LogP contribution < -0.4 is 4.74 Å². The van der Waals surface area contributed by atoms with Crippen LogP contribution in [-0.2, 0) is 4.74 Å². The molecule has 0 amide bonds. The lowest BCUT2D eigenvalue weighted by Gasteiger charge is -2.07. The van der Waals surface area contributed by atoms with E-state index in [1.54, 1.807) is 0 Å². The highest BCUT2D eigenvalue weighted by atomic mass is 16.6. The topological polar surface area (TPSA) is 78.7 Å². The van der Waals surface area contributed by atoms with E-state index in [1.807, 2.05) is 6.92 Å². The van der Waals surface area contributed by atoms with E-state index in [2.05, 4.69) is 0 Å². The van der Waals surface area contributed by atoms with E-state index in [1.165, 1.54) is 18.2 Å². The van der Waals surface area contributed by atoms with Crippen LogP contribution in [0.3, 0.4) is 0 Å². The fourth-order valence-corrected chi connectivity index (χ4v) is 1.36. The Labute approximate surface area is 105 Å². The summed E-state index contributed by atoms with van der Waals surface area (Å²) < 4.78 is 10.4. The maximum atomic E-state index is 10.8. The first-order valence-electron chi connectivity index (χ1n) is 5.63. The van der Waals surface area contributed by atoms with Crippen molar-refractivity contribution in [1.29, 1.82) is 0 Å². The molecule has 0 heterocycles. The Bertz CT molecular complexity index is 419. The second kappa shape index (κ2) is 7.39. The van der Waals surface area contributed by atoms with Gasteiger partial charge in [-0.3, -0.25) is 14.9 Å². The fraction of sp³-hybridized carbons (Fsp3) is 0.417. The zero-order valence-corrected chi connectivity index (χ0v) is 10.1. The number of nitro benzene ring substituents is 1. The highest BCUT2D eigenvalue weighted by molar-refractivity contribution is 5.77. The standard InChI is InChI=1S/C12H15NO5/c1-2-17-6-3-7-18-12-5-4-10(9-14)8-11(12)13(15)16/h4-5,8-9H,2-3,6-7H2,1H3. The second-order valence-corrected chi connectivity index (χ2v) is 3.50. The number of aldehydes is 1.